The molecule has 0 fully saturated rings. The fraction of sp³-hybridized carbons (Fsp3) is 0.750. The molecule has 0 aliphatic heterocycles. The molecule has 0 aliphatic carbocycles. The molecule has 0 saturated heterocycles. The Bertz CT molecular complexity index is 62.7. The molecule has 0 aromatic heterocycles. The van der Waals surface area contributed by atoms with Gasteiger partial charge in [-0.15, -0.1) is 0 Å². The molecule has 0 spiro atoms. The van der Waals surface area contributed by atoms with Gasteiger partial charge in [-0.25, -0.2) is 4.79 Å². The van der Waals surface area contributed by atoms with E-state index in [4.69, 9.17) is 0 Å². The molecule has 0 bridgehead atoms. The summed E-state index contributed by atoms with van der Waals surface area (Å²) in [6, 6.07) is 0. The third kappa shape index (κ3) is 3.74. The standard InChI is InChI=1S/C4H9O2P/c1-3-6-4(5)7-2/h7H,3H2,1-2H3/p+1. The van der Waals surface area contributed by atoms with Gasteiger partial charge in [0.1, 0.15) is 8.58 Å². The molecule has 7 heavy (non-hydrogen) atoms. The van der Waals surface area contributed by atoms with Gasteiger partial charge >= 0.3 is 5.71 Å². The third-order valence-electron chi connectivity index (χ3n) is 0.522. The van der Waals surface area contributed by atoms with E-state index in [1.165, 1.54) is 0 Å². The van der Waals surface area contributed by atoms with Crippen molar-refractivity contribution in [2.75, 3.05) is 13.3 Å². The first-order valence-corrected chi connectivity index (χ1v) is 4.00. The lowest BCUT2D eigenvalue weighted by Crippen LogP contribution is -1.91. The van der Waals surface area contributed by atoms with Gasteiger partial charge in [0.05, 0.1) is 13.3 Å². The van der Waals surface area contributed by atoms with Crippen molar-refractivity contribution in [3.63, 3.8) is 0 Å². The summed E-state index contributed by atoms with van der Waals surface area (Å²) in [6.07, 6.45) is 0. The minimum absolute atomic E-state index is 0.0394. The van der Waals surface area contributed by atoms with Crippen molar-refractivity contribution in [1.29, 1.82) is 0 Å². The Hall–Kier alpha value is -0.100. The second-order valence-corrected chi connectivity index (χ2v) is 2.09. The predicted octanol–water partition coefficient (Wildman–Crippen LogP) is 1.18. The van der Waals surface area contributed by atoms with Crippen LogP contribution in [-0.4, -0.2) is 19.0 Å². The molecule has 0 aromatic carbocycles. The molecule has 0 saturated carbocycles. The average Bonchev–Trinajstić information content (AvgIpc) is 1.68. The first-order chi connectivity index (χ1) is 3.31. The van der Waals surface area contributed by atoms with E-state index in [-0.39, 0.29) is 14.3 Å². The summed E-state index contributed by atoms with van der Waals surface area (Å²) in [4.78, 5) is 10.2. The van der Waals surface area contributed by atoms with E-state index in [2.05, 4.69) is 4.74 Å². The molecular weight excluding hydrogens is 111 g/mol. The van der Waals surface area contributed by atoms with E-state index in [9.17, 15) is 4.79 Å². The van der Waals surface area contributed by atoms with Crippen LogP contribution in [0.3, 0.4) is 0 Å². The van der Waals surface area contributed by atoms with E-state index in [0.29, 0.717) is 6.61 Å². The van der Waals surface area contributed by atoms with Crippen LogP contribution in [0, 0.1) is 0 Å². The first-order valence-electron chi connectivity index (χ1n) is 2.27. The first kappa shape index (κ1) is 6.90. The molecule has 1 unspecified atom stereocenters. The zero-order chi connectivity index (χ0) is 5.70. The van der Waals surface area contributed by atoms with Gasteiger partial charge in [0.2, 0.25) is 0 Å². The largest absolute Gasteiger partial charge is 0.445 e. The van der Waals surface area contributed by atoms with Crippen LogP contribution >= 0.6 is 8.58 Å². The molecule has 0 heterocycles. The third-order valence-corrected chi connectivity index (χ3v) is 1.16. The van der Waals surface area contributed by atoms with Crippen LogP contribution in [0.1, 0.15) is 6.92 Å². The van der Waals surface area contributed by atoms with Gasteiger partial charge in [-0.2, -0.15) is 0 Å². The fourth-order valence-corrected chi connectivity index (χ4v) is 0.559. The van der Waals surface area contributed by atoms with Gasteiger partial charge in [0.15, 0.2) is 0 Å². The Morgan fingerprint density at radius 2 is 2.43 bits per heavy atom. The summed E-state index contributed by atoms with van der Waals surface area (Å²) in [7, 11) is -0.128. The zero-order valence-electron chi connectivity index (χ0n) is 4.60. The number of carbonyl (C=O) groups is 1. The van der Waals surface area contributed by atoms with Gasteiger partial charge in [0.25, 0.3) is 0 Å². The maximum Gasteiger partial charge on any atom is 0.445 e. The van der Waals surface area contributed by atoms with Crippen molar-refractivity contribution in [2.45, 2.75) is 6.92 Å². The predicted molar refractivity (Wildman–Crippen MR) is 32.7 cm³/mol. The smallest absolute Gasteiger partial charge is 0.437 e. The van der Waals surface area contributed by atoms with Gasteiger partial charge in [0, 0.05) is 0 Å². The summed E-state index contributed by atoms with van der Waals surface area (Å²) in [5, 5.41) is 0. The van der Waals surface area contributed by atoms with Crippen molar-refractivity contribution in [3.8, 4) is 0 Å². The van der Waals surface area contributed by atoms with Crippen molar-refractivity contribution >= 4 is 14.3 Å². The van der Waals surface area contributed by atoms with Crippen molar-refractivity contribution in [3.05, 3.63) is 0 Å². The van der Waals surface area contributed by atoms with Crippen LogP contribution in [0.2, 0.25) is 0 Å². The molecule has 3 heteroatoms. The van der Waals surface area contributed by atoms with Gasteiger partial charge in [-0.05, 0) is 6.92 Å². The van der Waals surface area contributed by atoms with E-state index in [1.54, 1.807) is 0 Å². The number of rotatable bonds is 2. The summed E-state index contributed by atoms with van der Waals surface area (Å²) in [5.41, 5.74) is -0.0394. The van der Waals surface area contributed by atoms with Crippen LogP contribution in [0.5, 0.6) is 0 Å². The average molecular weight is 121 g/mol. The molecule has 42 valence electrons. The maximum absolute atomic E-state index is 10.2. The van der Waals surface area contributed by atoms with Gasteiger partial charge in [-0.1, -0.05) is 0 Å². The van der Waals surface area contributed by atoms with Crippen LogP contribution in [0.15, 0.2) is 0 Å². The molecule has 1 atom stereocenters. The van der Waals surface area contributed by atoms with Crippen LogP contribution in [0.25, 0.3) is 0 Å². The highest BCUT2D eigenvalue weighted by molar-refractivity contribution is 7.56. The molecule has 0 aliphatic rings. The van der Waals surface area contributed by atoms with Crippen molar-refractivity contribution in [2.24, 2.45) is 0 Å². The quantitative estimate of drug-likeness (QED) is 0.513. The Kier molecular flexibility index (Phi) is 4.01. The minimum Gasteiger partial charge on any atom is -0.437 e. The molecular formula is C4H10O2P+. The minimum atomic E-state index is -0.128. The Labute approximate surface area is 45.0 Å². The number of hydrogen-bond donors (Lipinski definition) is 0. The summed E-state index contributed by atoms with van der Waals surface area (Å²) in [5.74, 6) is 0. The Balaban J connectivity index is 3.00. The molecule has 0 aromatic rings. The van der Waals surface area contributed by atoms with E-state index < -0.39 is 0 Å². The van der Waals surface area contributed by atoms with Gasteiger partial charge < -0.3 is 4.74 Å². The monoisotopic (exact) mass is 121 g/mol. The summed E-state index contributed by atoms with van der Waals surface area (Å²) in [6.45, 7) is 4.19. The van der Waals surface area contributed by atoms with Crippen LogP contribution in [-0.2, 0) is 4.74 Å². The van der Waals surface area contributed by atoms with Crippen LogP contribution in [0.4, 0.5) is 4.79 Å². The SMILES string of the molecule is CCOC(=O)[PH2+]C. The fourth-order valence-electron chi connectivity index (χ4n) is 0.226. The van der Waals surface area contributed by atoms with E-state index in [1.807, 2.05) is 13.6 Å². The number of ether oxygens (including phenoxy) is 1. The second kappa shape index (κ2) is 4.07. The highest BCUT2D eigenvalue weighted by Crippen LogP contribution is 2.05. The molecule has 0 radical (unpaired) electrons. The lowest BCUT2D eigenvalue weighted by Gasteiger charge is -1.88. The topological polar surface area (TPSA) is 26.3 Å². The van der Waals surface area contributed by atoms with E-state index in [0.717, 1.165) is 0 Å². The van der Waals surface area contributed by atoms with Gasteiger partial charge in [-0.3, -0.25) is 0 Å². The highest BCUT2D eigenvalue weighted by atomic mass is 31.1. The lowest BCUT2D eigenvalue weighted by atomic mass is 10.9. The molecule has 2 nitrogen and oxygen atoms in total. The highest BCUT2D eigenvalue weighted by Gasteiger charge is 1.99. The lowest BCUT2D eigenvalue weighted by molar-refractivity contribution is 0.181. The Morgan fingerprint density at radius 3 is 2.57 bits per heavy atom. The number of carbonyl (C=O) groups excluding carboxylic acids is 1. The van der Waals surface area contributed by atoms with Crippen LogP contribution < -0.4 is 0 Å². The summed E-state index contributed by atoms with van der Waals surface area (Å²) >= 11 is 0. The zero-order valence-corrected chi connectivity index (χ0v) is 5.76. The van der Waals surface area contributed by atoms with E-state index >= 15 is 0 Å². The maximum atomic E-state index is 10.2. The molecule has 0 rings (SSSR count). The summed E-state index contributed by atoms with van der Waals surface area (Å²) < 4.78 is 4.59. The van der Waals surface area contributed by atoms with Crippen molar-refractivity contribution in [1.82, 2.24) is 0 Å². The van der Waals surface area contributed by atoms with Crippen molar-refractivity contribution < 1.29 is 9.53 Å². The Morgan fingerprint density at radius 1 is 1.86 bits per heavy atom. The second-order valence-electron chi connectivity index (χ2n) is 1.04. The molecule has 0 N–H and O–H groups in total. The molecule has 0 amide bonds. The number of hydrogen-bond acceptors (Lipinski definition) is 2. The normalized spacial score (nSPS) is 10.0.